The van der Waals surface area contributed by atoms with Crippen LogP contribution in [-0.2, 0) is 33.3 Å². The van der Waals surface area contributed by atoms with Crippen molar-refractivity contribution in [2.45, 2.75) is 37.7 Å². The summed E-state index contributed by atoms with van der Waals surface area (Å²) in [6.45, 7) is 6.76. The van der Waals surface area contributed by atoms with Gasteiger partial charge in [0.15, 0.2) is 28.5 Å². The highest BCUT2D eigenvalue weighted by Crippen LogP contribution is 2.28. The molecule has 0 amide bonds. The molecule has 0 atom stereocenters. The molecule has 1 aliphatic heterocycles. The number of ether oxygens (including phenoxy) is 2. The molecule has 0 saturated carbocycles. The normalized spacial score (nSPS) is 14.8. The van der Waals surface area contributed by atoms with Gasteiger partial charge < -0.3 is 18.9 Å². The molecule has 1 saturated heterocycles. The van der Waals surface area contributed by atoms with Crippen molar-refractivity contribution >= 4 is 26.8 Å². The summed E-state index contributed by atoms with van der Waals surface area (Å²) >= 11 is 0. The second-order valence-corrected chi connectivity index (χ2v) is 9.34. The molecular formula is C21H26FN5O4S. The number of benzene rings is 1. The van der Waals surface area contributed by atoms with Crippen LogP contribution in [0.3, 0.4) is 0 Å². The first-order chi connectivity index (χ1) is 15.4. The Balaban J connectivity index is 1.82. The van der Waals surface area contributed by atoms with Gasteiger partial charge >= 0.3 is 0 Å². The quantitative estimate of drug-likeness (QED) is 0.493. The van der Waals surface area contributed by atoms with E-state index in [0.717, 1.165) is 11.9 Å². The summed E-state index contributed by atoms with van der Waals surface area (Å²) in [5.41, 5.74) is 1.36. The Kier molecular flexibility index (Phi) is 6.29. The Morgan fingerprint density at radius 3 is 2.53 bits per heavy atom. The van der Waals surface area contributed by atoms with Crippen LogP contribution in [0.25, 0.3) is 11.2 Å². The molecule has 0 unspecified atom stereocenters. The fourth-order valence-corrected chi connectivity index (χ4v) is 5.03. The van der Waals surface area contributed by atoms with Crippen LogP contribution in [-0.4, -0.2) is 61.3 Å². The summed E-state index contributed by atoms with van der Waals surface area (Å²) in [6, 6.07) is 4.08. The molecule has 0 N–H and O–H groups in total. The van der Waals surface area contributed by atoms with Crippen molar-refractivity contribution in [3.63, 3.8) is 0 Å². The highest BCUT2D eigenvalue weighted by atomic mass is 32.2. The topological polar surface area (TPSA) is 99.4 Å². The van der Waals surface area contributed by atoms with Crippen LogP contribution in [0.4, 0.5) is 10.2 Å². The number of hydrogen-bond donors (Lipinski definition) is 0. The average Bonchev–Trinajstić information content (AvgIpc) is 3.16. The first kappa shape index (κ1) is 22.4. The fraction of sp³-hybridized carbons (Fsp3) is 0.476. The van der Waals surface area contributed by atoms with Gasteiger partial charge in [-0.05, 0) is 24.6 Å². The lowest BCUT2D eigenvalue weighted by Gasteiger charge is -2.28. The number of nitrogens with zero attached hydrogens (tertiary/aromatic N) is 5. The van der Waals surface area contributed by atoms with E-state index in [4.69, 9.17) is 14.5 Å². The number of imidazole rings is 1. The number of aryl methyl sites for hydroxylation is 2. The van der Waals surface area contributed by atoms with Crippen molar-refractivity contribution in [2.24, 2.45) is 0 Å². The van der Waals surface area contributed by atoms with Crippen LogP contribution in [0, 0.1) is 5.82 Å². The number of anilines is 1. The molecule has 3 aromatic rings. The third kappa shape index (κ3) is 4.14. The summed E-state index contributed by atoms with van der Waals surface area (Å²) in [5, 5.41) is -0.292. The lowest BCUT2D eigenvalue weighted by atomic mass is 10.2. The van der Waals surface area contributed by atoms with E-state index in [9.17, 15) is 12.8 Å². The molecule has 0 radical (unpaired) electrons. The zero-order valence-electron chi connectivity index (χ0n) is 18.3. The van der Waals surface area contributed by atoms with Gasteiger partial charge in [0, 0.05) is 26.1 Å². The van der Waals surface area contributed by atoms with Gasteiger partial charge in [0.2, 0.25) is 9.84 Å². The Labute approximate surface area is 186 Å². The highest BCUT2D eigenvalue weighted by Gasteiger charge is 2.27. The second-order valence-electron chi connectivity index (χ2n) is 7.46. The van der Waals surface area contributed by atoms with Crippen LogP contribution < -0.4 is 9.64 Å². The number of sulfone groups is 1. The zero-order chi connectivity index (χ0) is 22.9. The number of halogens is 1. The number of rotatable bonds is 7. The van der Waals surface area contributed by atoms with Crippen molar-refractivity contribution in [2.75, 3.05) is 38.3 Å². The van der Waals surface area contributed by atoms with E-state index in [1.54, 1.807) is 0 Å². The van der Waals surface area contributed by atoms with Gasteiger partial charge in [0.1, 0.15) is 5.82 Å². The van der Waals surface area contributed by atoms with Crippen molar-refractivity contribution in [3.05, 3.63) is 35.4 Å². The molecule has 1 aromatic carbocycles. The minimum absolute atomic E-state index is 0.0531. The van der Waals surface area contributed by atoms with Gasteiger partial charge in [0.25, 0.3) is 5.16 Å². The van der Waals surface area contributed by atoms with Crippen LogP contribution in [0.15, 0.2) is 23.4 Å². The molecule has 11 heteroatoms. The number of aromatic nitrogens is 4. The molecule has 9 nitrogen and oxygen atoms in total. The van der Waals surface area contributed by atoms with Crippen LogP contribution in [0.2, 0.25) is 0 Å². The molecule has 1 aliphatic rings. The minimum atomic E-state index is -3.95. The molecule has 0 aliphatic carbocycles. The summed E-state index contributed by atoms with van der Waals surface area (Å²) < 4.78 is 52.9. The fourth-order valence-electron chi connectivity index (χ4n) is 3.83. The van der Waals surface area contributed by atoms with Crippen molar-refractivity contribution in [1.29, 1.82) is 0 Å². The minimum Gasteiger partial charge on any atom is -0.494 e. The highest BCUT2D eigenvalue weighted by molar-refractivity contribution is 7.90. The van der Waals surface area contributed by atoms with Gasteiger partial charge in [-0.15, -0.1) is 0 Å². The van der Waals surface area contributed by atoms with E-state index in [1.165, 1.54) is 19.2 Å². The summed E-state index contributed by atoms with van der Waals surface area (Å²) in [4.78, 5) is 15.6. The van der Waals surface area contributed by atoms with Gasteiger partial charge in [-0.3, -0.25) is 0 Å². The monoisotopic (exact) mass is 463 g/mol. The number of morpholine rings is 1. The zero-order valence-corrected chi connectivity index (χ0v) is 19.2. The third-order valence-corrected chi connectivity index (χ3v) is 6.88. The molecular weight excluding hydrogens is 437 g/mol. The molecule has 4 rings (SSSR count). The molecule has 0 spiro atoms. The molecule has 0 bridgehead atoms. The molecule has 3 heterocycles. The number of fused-ring (bicyclic) bond motifs is 1. The van der Waals surface area contributed by atoms with E-state index in [1.807, 2.05) is 23.3 Å². The smallest absolute Gasteiger partial charge is 0.251 e. The molecule has 172 valence electrons. The number of methoxy groups -OCH3 is 1. The first-order valence-electron chi connectivity index (χ1n) is 10.5. The average molecular weight is 464 g/mol. The van der Waals surface area contributed by atoms with Gasteiger partial charge in [-0.2, -0.15) is 9.97 Å². The van der Waals surface area contributed by atoms with Gasteiger partial charge in [-0.1, -0.05) is 13.0 Å². The van der Waals surface area contributed by atoms with E-state index in [2.05, 4.69) is 9.97 Å². The second kappa shape index (κ2) is 8.99. The first-order valence-corrected chi connectivity index (χ1v) is 12.2. The van der Waals surface area contributed by atoms with Crippen molar-refractivity contribution in [1.82, 2.24) is 19.5 Å². The maximum Gasteiger partial charge on any atom is 0.251 e. The lowest BCUT2D eigenvalue weighted by molar-refractivity contribution is 0.122. The van der Waals surface area contributed by atoms with E-state index in [0.29, 0.717) is 56.3 Å². The maximum absolute atomic E-state index is 14.1. The Bertz CT molecular complexity index is 1240. The summed E-state index contributed by atoms with van der Waals surface area (Å²) in [6.07, 6.45) is 0.681. The third-order valence-electron chi connectivity index (χ3n) is 5.43. The maximum atomic E-state index is 14.1. The Morgan fingerprint density at radius 1 is 1.16 bits per heavy atom. The van der Waals surface area contributed by atoms with E-state index < -0.39 is 21.4 Å². The van der Waals surface area contributed by atoms with Gasteiger partial charge in [-0.25, -0.2) is 17.8 Å². The van der Waals surface area contributed by atoms with Crippen molar-refractivity contribution in [3.8, 4) is 5.75 Å². The SMILES string of the molecule is CCc1nc2c(N3CCOCC3)nc(S(=O)(=O)Cc3ccc(OC)c(F)c3)nc2n1CC. The molecule has 1 fully saturated rings. The van der Waals surface area contributed by atoms with Crippen LogP contribution in [0.5, 0.6) is 5.75 Å². The van der Waals surface area contributed by atoms with Crippen LogP contribution in [0.1, 0.15) is 25.2 Å². The lowest BCUT2D eigenvalue weighted by Crippen LogP contribution is -2.37. The molecule has 32 heavy (non-hydrogen) atoms. The Morgan fingerprint density at radius 2 is 1.91 bits per heavy atom. The van der Waals surface area contributed by atoms with Crippen molar-refractivity contribution < 1.29 is 22.3 Å². The Hall–Kier alpha value is -2.79. The summed E-state index contributed by atoms with van der Waals surface area (Å²) in [5.74, 6) is 0.306. The summed E-state index contributed by atoms with van der Waals surface area (Å²) in [7, 11) is -2.60. The predicted octanol–water partition coefficient (Wildman–Crippen LogP) is 2.37. The predicted molar refractivity (Wildman–Crippen MR) is 117 cm³/mol. The number of hydrogen-bond acceptors (Lipinski definition) is 8. The van der Waals surface area contributed by atoms with Crippen LogP contribution >= 0.6 is 0 Å². The molecule has 2 aromatic heterocycles. The standard InChI is InChI=1S/C21H26FN5O4S/c1-4-17-23-18-19(26-8-10-31-11-9-26)24-21(25-20(18)27(17)5-2)32(28,29)13-14-6-7-16(30-3)15(22)12-14/h6-7,12H,4-5,8-11,13H2,1-3H3. The largest absolute Gasteiger partial charge is 0.494 e. The van der Waals surface area contributed by atoms with E-state index >= 15 is 0 Å². The van der Waals surface area contributed by atoms with E-state index in [-0.39, 0.29) is 16.5 Å². The van der Waals surface area contributed by atoms with Gasteiger partial charge in [0.05, 0.1) is 26.1 Å².